The summed E-state index contributed by atoms with van der Waals surface area (Å²) in [6, 6.07) is 7.12. The number of aliphatic carboxylic acids is 1. The van der Waals surface area contributed by atoms with Crippen LogP contribution < -0.4 is 22.5 Å². The van der Waals surface area contributed by atoms with Crippen LogP contribution >= 0.6 is 0 Å². The summed E-state index contributed by atoms with van der Waals surface area (Å²) in [7, 11) is 0. The number of carboxylic acid groups (broad SMARTS) is 1. The van der Waals surface area contributed by atoms with Crippen molar-refractivity contribution >= 4 is 23.7 Å². The van der Waals surface area contributed by atoms with Gasteiger partial charge in [0.05, 0.1) is 17.9 Å². The van der Waals surface area contributed by atoms with Gasteiger partial charge in [0.2, 0.25) is 17.7 Å². The molecule has 3 amide bonds. The number of carbonyl (C=O) groups excluding carboxylic acids is 3. The van der Waals surface area contributed by atoms with E-state index in [1.807, 2.05) is 18.2 Å². The summed E-state index contributed by atoms with van der Waals surface area (Å²) in [5.41, 5.74) is 16.6. The van der Waals surface area contributed by atoms with Gasteiger partial charge in [0.1, 0.15) is 6.04 Å². The molecule has 0 aromatic heterocycles. The zero-order chi connectivity index (χ0) is 23.7. The lowest BCUT2D eigenvalue weighted by Crippen LogP contribution is -2.58. The number of hydrogen-bond acceptors (Lipinski definition) is 6. The van der Waals surface area contributed by atoms with Crippen LogP contribution in [-0.4, -0.2) is 65.4 Å². The number of piperidine rings is 1. The summed E-state index contributed by atoms with van der Waals surface area (Å²) in [6.45, 7) is 1.17. The molecule has 1 aliphatic heterocycles. The minimum atomic E-state index is -1.32. The monoisotopic (exact) mass is 447 g/mol. The molecular weight excluding hydrogens is 414 g/mol. The highest BCUT2D eigenvalue weighted by Gasteiger charge is 2.45. The van der Waals surface area contributed by atoms with Crippen molar-refractivity contribution in [2.24, 2.45) is 17.2 Å². The van der Waals surface area contributed by atoms with Crippen LogP contribution in [0.5, 0.6) is 0 Å². The fourth-order valence-corrected chi connectivity index (χ4v) is 4.07. The highest BCUT2D eigenvalue weighted by Crippen LogP contribution is 2.36. The smallest absolute Gasteiger partial charge is 0.305 e. The van der Waals surface area contributed by atoms with E-state index in [-0.39, 0.29) is 5.91 Å². The third-order valence-electron chi connectivity index (χ3n) is 6.00. The lowest BCUT2D eigenvalue weighted by molar-refractivity contribution is -0.142. The number of amides is 3. The Labute approximate surface area is 187 Å². The van der Waals surface area contributed by atoms with Crippen molar-refractivity contribution in [1.82, 2.24) is 10.2 Å². The van der Waals surface area contributed by atoms with Crippen LogP contribution in [0.3, 0.4) is 0 Å². The number of unbranched alkanes of at least 4 members (excludes halogenated alkanes) is 1. The minimum absolute atomic E-state index is 0.162. The Morgan fingerprint density at radius 2 is 1.72 bits per heavy atom. The van der Waals surface area contributed by atoms with Gasteiger partial charge in [-0.25, -0.2) is 0 Å². The summed E-state index contributed by atoms with van der Waals surface area (Å²) < 4.78 is 0. The van der Waals surface area contributed by atoms with E-state index >= 15 is 0 Å². The first-order chi connectivity index (χ1) is 15.2. The second-order valence-electron chi connectivity index (χ2n) is 8.19. The molecule has 1 aromatic carbocycles. The fraction of sp³-hybridized carbons (Fsp3) is 0.545. The number of benzene rings is 1. The van der Waals surface area contributed by atoms with E-state index < -0.39 is 41.7 Å². The Bertz CT molecular complexity index is 808. The SMILES string of the molecule is NCCCC[C@H](N)C(=O)N1CCC(C(=O)N[C@@H](CC(=O)O)C(N)=O)(c2ccccc2)CC1. The lowest BCUT2D eigenvalue weighted by Gasteiger charge is -2.42. The number of nitrogens with zero attached hydrogens (tertiary/aromatic N) is 1. The van der Waals surface area contributed by atoms with Crippen molar-refractivity contribution < 1.29 is 24.3 Å². The number of hydrogen-bond donors (Lipinski definition) is 5. The van der Waals surface area contributed by atoms with Crippen molar-refractivity contribution in [2.45, 2.75) is 56.0 Å². The highest BCUT2D eigenvalue weighted by molar-refractivity contribution is 5.94. The maximum absolute atomic E-state index is 13.3. The van der Waals surface area contributed by atoms with Gasteiger partial charge >= 0.3 is 5.97 Å². The number of rotatable bonds is 11. The predicted octanol–water partition coefficient (Wildman–Crippen LogP) is -0.552. The summed E-state index contributed by atoms with van der Waals surface area (Å²) in [5.74, 6) is -2.80. The quantitative estimate of drug-likeness (QED) is 0.282. The van der Waals surface area contributed by atoms with Gasteiger partial charge in [0.25, 0.3) is 0 Å². The number of likely N-dealkylation sites (tertiary alicyclic amines) is 1. The van der Waals surface area contributed by atoms with E-state index in [0.717, 1.165) is 18.4 Å². The first-order valence-electron chi connectivity index (χ1n) is 10.8. The van der Waals surface area contributed by atoms with Crippen LogP contribution in [0, 0.1) is 0 Å². The zero-order valence-corrected chi connectivity index (χ0v) is 18.2. The second-order valence-corrected chi connectivity index (χ2v) is 8.19. The van der Waals surface area contributed by atoms with Gasteiger partial charge in [-0.05, 0) is 37.8 Å². The van der Waals surface area contributed by atoms with Gasteiger partial charge in [0.15, 0.2) is 0 Å². The maximum Gasteiger partial charge on any atom is 0.305 e. The van der Waals surface area contributed by atoms with Crippen molar-refractivity contribution in [3.63, 3.8) is 0 Å². The number of carboxylic acids is 1. The molecule has 2 rings (SSSR count). The van der Waals surface area contributed by atoms with E-state index in [9.17, 15) is 19.2 Å². The second kappa shape index (κ2) is 11.6. The van der Waals surface area contributed by atoms with Crippen molar-refractivity contribution in [1.29, 1.82) is 0 Å². The predicted molar refractivity (Wildman–Crippen MR) is 118 cm³/mol. The molecule has 0 spiro atoms. The first-order valence-corrected chi connectivity index (χ1v) is 10.8. The van der Waals surface area contributed by atoms with Crippen LogP contribution in [-0.2, 0) is 24.6 Å². The van der Waals surface area contributed by atoms with Gasteiger partial charge in [-0.2, -0.15) is 0 Å². The van der Waals surface area contributed by atoms with E-state index in [0.29, 0.717) is 38.9 Å². The third kappa shape index (κ3) is 6.27. The molecule has 1 aromatic rings. The average Bonchev–Trinajstić information content (AvgIpc) is 2.78. The standard InChI is InChI=1S/C22H33N5O5/c23-11-5-4-8-16(24)20(31)27-12-9-22(10-13-27,15-6-2-1-3-7-15)21(32)26-17(19(25)30)14-18(28)29/h1-3,6-7,16-17H,4-5,8-14,23-24H2,(H2,25,30)(H,26,32)(H,28,29)/t16-,17-/m0/s1. The normalized spacial score (nSPS) is 17.2. The number of nitrogens with one attached hydrogen (secondary N) is 1. The van der Waals surface area contributed by atoms with E-state index in [2.05, 4.69) is 5.32 Å². The van der Waals surface area contributed by atoms with Gasteiger partial charge in [-0.1, -0.05) is 36.8 Å². The average molecular weight is 448 g/mol. The largest absolute Gasteiger partial charge is 0.481 e. The van der Waals surface area contributed by atoms with Gasteiger partial charge in [-0.15, -0.1) is 0 Å². The molecule has 176 valence electrons. The Morgan fingerprint density at radius 3 is 2.25 bits per heavy atom. The molecule has 1 heterocycles. The van der Waals surface area contributed by atoms with Crippen molar-refractivity contribution in [3.05, 3.63) is 35.9 Å². The molecule has 1 fully saturated rings. The van der Waals surface area contributed by atoms with Gasteiger partial charge in [-0.3, -0.25) is 19.2 Å². The van der Waals surface area contributed by atoms with Gasteiger partial charge in [0, 0.05) is 13.1 Å². The van der Waals surface area contributed by atoms with Crippen LogP contribution in [0.15, 0.2) is 30.3 Å². The Hall–Kier alpha value is -2.98. The molecule has 1 saturated heterocycles. The highest BCUT2D eigenvalue weighted by atomic mass is 16.4. The van der Waals surface area contributed by atoms with Crippen molar-refractivity contribution in [2.75, 3.05) is 19.6 Å². The Morgan fingerprint density at radius 1 is 1.09 bits per heavy atom. The topological polar surface area (TPSA) is 182 Å². The van der Waals surface area contributed by atoms with Crippen LogP contribution in [0.4, 0.5) is 0 Å². The molecule has 0 saturated carbocycles. The van der Waals surface area contributed by atoms with Crippen LogP contribution in [0.1, 0.15) is 44.1 Å². The summed E-state index contributed by atoms with van der Waals surface area (Å²) in [6.07, 6.45) is 2.13. The molecule has 1 aliphatic rings. The maximum atomic E-state index is 13.3. The molecule has 0 aliphatic carbocycles. The minimum Gasteiger partial charge on any atom is -0.481 e. The molecule has 8 N–H and O–H groups in total. The number of primary amides is 1. The van der Waals surface area contributed by atoms with E-state index in [4.69, 9.17) is 22.3 Å². The molecule has 10 nitrogen and oxygen atoms in total. The van der Waals surface area contributed by atoms with Crippen LogP contribution in [0.25, 0.3) is 0 Å². The molecule has 0 radical (unpaired) electrons. The number of carbonyl (C=O) groups is 4. The lowest BCUT2D eigenvalue weighted by atomic mass is 9.71. The summed E-state index contributed by atoms with van der Waals surface area (Å²) >= 11 is 0. The molecule has 32 heavy (non-hydrogen) atoms. The fourth-order valence-electron chi connectivity index (χ4n) is 4.07. The molecule has 0 bridgehead atoms. The van der Waals surface area contributed by atoms with Gasteiger partial charge < -0.3 is 32.5 Å². The Kier molecular flexibility index (Phi) is 9.15. The first kappa shape index (κ1) is 25.3. The zero-order valence-electron chi connectivity index (χ0n) is 18.2. The molecular formula is C22H33N5O5. The molecule has 2 atom stereocenters. The Balaban J connectivity index is 2.18. The molecule has 0 unspecified atom stereocenters. The summed E-state index contributed by atoms with van der Waals surface area (Å²) in [4.78, 5) is 50.5. The van der Waals surface area contributed by atoms with Crippen molar-refractivity contribution in [3.8, 4) is 0 Å². The number of nitrogens with two attached hydrogens (primary N) is 3. The third-order valence-corrected chi connectivity index (χ3v) is 6.00. The molecule has 10 heteroatoms. The van der Waals surface area contributed by atoms with Crippen LogP contribution in [0.2, 0.25) is 0 Å². The summed E-state index contributed by atoms with van der Waals surface area (Å²) in [5, 5.41) is 11.6. The van der Waals surface area contributed by atoms with E-state index in [1.165, 1.54) is 0 Å². The van der Waals surface area contributed by atoms with E-state index in [1.54, 1.807) is 17.0 Å².